The van der Waals surface area contributed by atoms with Gasteiger partial charge in [0, 0.05) is 23.8 Å². The summed E-state index contributed by atoms with van der Waals surface area (Å²) in [6.45, 7) is 0.938. The highest BCUT2D eigenvalue weighted by Crippen LogP contribution is 2.35. The molecule has 0 bridgehead atoms. The summed E-state index contributed by atoms with van der Waals surface area (Å²) in [6, 6.07) is 7.09. The van der Waals surface area contributed by atoms with Gasteiger partial charge in [-0.3, -0.25) is 4.79 Å². The molecule has 0 amide bonds. The summed E-state index contributed by atoms with van der Waals surface area (Å²) in [6.07, 6.45) is -15.1. The summed E-state index contributed by atoms with van der Waals surface area (Å²) < 4.78 is 27.8. The molecule has 3 heterocycles. The summed E-state index contributed by atoms with van der Waals surface area (Å²) in [5.41, 5.74) is -0.541. The fourth-order valence-electron chi connectivity index (χ4n) is 4.76. The molecule has 0 saturated carbocycles. The first-order chi connectivity index (χ1) is 19.8. The van der Waals surface area contributed by atoms with Crippen molar-refractivity contribution in [3.8, 4) is 34.3 Å². The Morgan fingerprint density at radius 1 is 0.738 bits per heavy atom. The molecule has 9 N–H and O–H groups in total. The molecule has 42 heavy (non-hydrogen) atoms. The van der Waals surface area contributed by atoms with Crippen LogP contribution in [0.2, 0.25) is 0 Å². The summed E-state index contributed by atoms with van der Waals surface area (Å²) >= 11 is 0. The molecule has 1 aromatic heterocycles. The molecule has 0 radical (unpaired) electrons. The lowest BCUT2D eigenvalue weighted by molar-refractivity contribution is -0.318. The number of rotatable bonds is 6. The highest BCUT2D eigenvalue weighted by atomic mass is 16.7. The van der Waals surface area contributed by atoms with Gasteiger partial charge < -0.3 is 69.3 Å². The molecule has 2 fully saturated rings. The van der Waals surface area contributed by atoms with Crippen molar-refractivity contribution in [3.63, 3.8) is 0 Å². The predicted molar refractivity (Wildman–Crippen MR) is 139 cm³/mol. The van der Waals surface area contributed by atoms with E-state index in [9.17, 15) is 50.8 Å². The number of aliphatic hydroxyl groups excluding tert-OH is 6. The van der Waals surface area contributed by atoms with Gasteiger partial charge in [-0.15, -0.1) is 0 Å². The number of aromatic hydroxyl groups is 3. The van der Waals surface area contributed by atoms with E-state index in [0.717, 1.165) is 12.1 Å². The summed E-state index contributed by atoms with van der Waals surface area (Å²) in [4.78, 5) is 12.7. The molecule has 5 rings (SSSR count). The third-order valence-corrected chi connectivity index (χ3v) is 7.20. The topological polar surface area (TPSA) is 249 Å². The van der Waals surface area contributed by atoms with Crippen molar-refractivity contribution in [1.29, 1.82) is 0 Å². The van der Waals surface area contributed by atoms with Crippen LogP contribution in [-0.2, 0) is 14.2 Å². The van der Waals surface area contributed by atoms with Crippen molar-refractivity contribution in [2.24, 2.45) is 0 Å². The molecule has 0 unspecified atom stereocenters. The van der Waals surface area contributed by atoms with E-state index in [1.807, 2.05) is 0 Å². The van der Waals surface area contributed by atoms with Gasteiger partial charge in [-0.05, 0) is 25.1 Å². The second-order valence-corrected chi connectivity index (χ2v) is 10.1. The van der Waals surface area contributed by atoms with Crippen LogP contribution in [0.15, 0.2) is 45.6 Å². The van der Waals surface area contributed by atoms with Crippen LogP contribution in [0.5, 0.6) is 23.0 Å². The Morgan fingerprint density at radius 2 is 1.43 bits per heavy atom. The zero-order valence-corrected chi connectivity index (χ0v) is 21.9. The van der Waals surface area contributed by atoms with Crippen molar-refractivity contribution in [1.82, 2.24) is 0 Å². The van der Waals surface area contributed by atoms with Crippen LogP contribution in [0.4, 0.5) is 0 Å². The van der Waals surface area contributed by atoms with E-state index in [0.29, 0.717) is 0 Å². The predicted octanol–water partition coefficient (Wildman–Crippen LogP) is -1.39. The Labute approximate surface area is 236 Å². The summed E-state index contributed by atoms with van der Waals surface area (Å²) in [5, 5.41) is 91.0. The Balaban J connectivity index is 1.36. The molecule has 15 nitrogen and oxygen atoms in total. The van der Waals surface area contributed by atoms with Crippen LogP contribution in [0.1, 0.15) is 6.92 Å². The van der Waals surface area contributed by atoms with E-state index in [1.165, 1.54) is 31.2 Å². The smallest absolute Gasteiger partial charge is 0.229 e. The molecule has 2 aromatic carbocycles. The van der Waals surface area contributed by atoms with Crippen molar-refractivity contribution >= 4 is 11.0 Å². The number of benzene rings is 2. The summed E-state index contributed by atoms with van der Waals surface area (Å²) in [7, 11) is 0. The fourth-order valence-corrected chi connectivity index (χ4v) is 4.76. The van der Waals surface area contributed by atoms with Gasteiger partial charge in [-0.2, -0.15) is 0 Å². The zero-order chi connectivity index (χ0) is 30.5. The Morgan fingerprint density at radius 3 is 2.14 bits per heavy atom. The van der Waals surface area contributed by atoms with Crippen molar-refractivity contribution in [2.45, 2.75) is 68.3 Å². The van der Waals surface area contributed by atoms with E-state index >= 15 is 0 Å². The number of hydrogen-bond donors (Lipinski definition) is 9. The van der Waals surface area contributed by atoms with Gasteiger partial charge in [0.15, 0.2) is 23.2 Å². The second-order valence-electron chi connectivity index (χ2n) is 10.1. The third kappa shape index (κ3) is 5.61. The molecule has 2 saturated heterocycles. The summed E-state index contributed by atoms with van der Waals surface area (Å²) in [5.74, 6) is -1.56. The highest BCUT2D eigenvalue weighted by molar-refractivity contribution is 5.86. The van der Waals surface area contributed by atoms with Crippen molar-refractivity contribution in [2.75, 3.05) is 6.61 Å². The molecular weight excluding hydrogens is 564 g/mol. The first-order valence-electron chi connectivity index (χ1n) is 12.9. The maximum Gasteiger partial charge on any atom is 0.229 e. The monoisotopic (exact) mass is 594 g/mol. The normalized spacial score (nSPS) is 33.5. The standard InChI is InChI=1S/C27H30O15/c1-9-20(32)22(34)24(36)26(39-9)38-8-18-21(33)23(35)25(37)27(42-18)40-11-5-14(30)19-15(31)7-16(41-17(19)6-11)10-2-3-12(28)13(29)4-10/h2-7,9,18,20-30,32-37H,8H2,1H3/t9-,18-,20+,21-,22+,23+,24-,25-,26-,27-/m1/s1. The van der Waals surface area contributed by atoms with Crippen LogP contribution in [-0.4, -0.2) is 114 Å². The number of fused-ring (bicyclic) bond motifs is 1. The molecule has 10 atom stereocenters. The lowest BCUT2D eigenvalue weighted by Crippen LogP contribution is -2.61. The molecule has 3 aromatic rings. The Hall–Kier alpha value is -3.51. The van der Waals surface area contributed by atoms with Crippen LogP contribution >= 0.6 is 0 Å². The average molecular weight is 595 g/mol. The van der Waals surface area contributed by atoms with Crippen molar-refractivity contribution in [3.05, 3.63) is 46.6 Å². The molecular formula is C27H30O15. The highest BCUT2D eigenvalue weighted by Gasteiger charge is 2.47. The minimum Gasteiger partial charge on any atom is -0.507 e. The van der Waals surface area contributed by atoms with Crippen LogP contribution in [0.25, 0.3) is 22.3 Å². The fraction of sp³-hybridized carbons (Fsp3) is 0.444. The second kappa shape index (κ2) is 11.6. The number of phenols is 3. The lowest BCUT2D eigenvalue weighted by atomic mass is 9.98. The van der Waals surface area contributed by atoms with Crippen molar-refractivity contribution < 1.29 is 69.3 Å². The van der Waals surface area contributed by atoms with E-state index in [4.69, 9.17) is 23.4 Å². The first-order valence-corrected chi connectivity index (χ1v) is 12.9. The SMILES string of the molecule is C[C@H]1O[C@@H](OC[C@H]2O[C@@H](Oc3cc(O)c4c(=O)cc(-c5ccc(O)c(O)c5)oc4c3)[C@H](O)[C@@H](O)[C@@H]2O)[C@H](O)[C@@H](O)[C@H]1O. The maximum atomic E-state index is 12.7. The number of aliphatic hydroxyl groups is 6. The van der Waals surface area contributed by atoms with Crippen LogP contribution in [0, 0.1) is 0 Å². The van der Waals surface area contributed by atoms with Gasteiger partial charge in [-0.25, -0.2) is 0 Å². The molecule has 0 spiro atoms. The Bertz CT molecular complexity index is 1490. The van der Waals surface area contributed by atoms with Crippen LogP contribution in [0.3, 0.4) is 0 Å². The quantitative estimate of drug-likeness (QED) is 0.149. The van der Waals surface area contributed by atoms with E-state index < -0.39 is 84.9 Å². The zero-order valence-electron chi connectivity index (χ0n) is 21.9. The minimum atomic E-state index is -1.79. The van der Waals surface area contributed by atoms with E-state index in [1.54, 1.807) is 0 Å². The number of ether oxygens (including phenoxy) is 4. The number of hydrogen-bond acceptors (Lipinski definition) is 15. The van der Waals surface area contributed by atoms with Gasteiger partial charge in [0.05, 0.1) is 12.7 Å². The third-order valence-electron chi connectivity index (χ3n) is 7.20. The van der Waals surface area contributed by atoms with Gasteiger partial charge >= 0.3 is 0 Å². The Kier molecular flexibility index (Phi) is 8.30. The van der Waals surface area contributed by atoms with E-state index in [2.05, 4.69) is 0 Å². The van der Waals surface area contributed by atoms with E-state index in [-0.39, 0.29) is 33.8 Å². The molecule has 2 aliphatic heterocycles. The first kappa shape index (κ1) is 30.0. The van der Waals surface area contributed by atoms with Crippen LogP contribution < -0.4 is 10.2 Å². The van der Waals surface area contributed by atoms with Gasteiger partial charge in [0.1, 0.15) is 71.0 Å². The van der Waals surface area contributed by atoms with Gasteiger partial charge in [0.25, 0.3) is 0 Å². The van der Waals surface area contributed by atoms with Gasteiger partial charge in [-0.1, -0.05) is 0 Å². The molecule has 2 aliphatic rings. The minimum absolute atomic E-state index is 0.0110. The average Bonchev–Trinajstić information content (AvgIpc) is 2.95. The molecule has 0 aliphatic carbocycles. The maximum absolute atomic E-state index is 12.7. The molecule has 15 heteroatoms. The largest absolute Gasteiger partial charge is 0.507 e. The van der Waals surface area contributed by atoms with Gasteiger partial charge in [0.2, 0.25) is 6.29 Å². The number of phenolic OH excluding ortho intramolecular Hbond substituents is 3. The molecule has 228 valence electrons. The lowest BCUT2D eigenvalue weighted by Gasteiger charge is -2.42.